The van der Waals surface area contributed by atoms with Crippen molar-refractivity contribution in [3.05, 3.63) is 175 Å². The highest BCUT2D eigenvalue weighted by atomic mass is 15.0. The van der Waals surface area contributed by atoms with Crippen molar-refractivity contribution in [2.75, 3.05) is 0 Å². The minimum absolute atomic E-state index is 0.636. The average molecular weight is 613 g/mol. The van der Waals surface area contributed by atoms with E-state index in [9.17, 15) is 5.26 Å². The zero-order chi connectivity index (χ0) is 32.3. The van der Waals surface area contributed by atoms with Gasteiger partial charge >= 0.3 is 0 Å². The summed E-state index contributed by atoms with van der Waals surface area (Å²) < 4.78 is 0. The molecule has 0 aliphatic rings. The fourth-order valence-corrected chi connectivity index (χ4v) is 6.16. The number of hydrogen-bond acceptors (Lipinski definition) is 4. The monoisotopic (exact) mass is 612 g/mol. The standard InChI is InChI=1S/C44H28N4/c45-29-30-10-7-15-37(28-30)31-20-22-32(23-21-31)38-16-8-19-41-39(17-9-18-40(38)41)33-24-26-36(27-25-33)44-47-42(34-11-3-1-4-12-34)46-43(48-44)35-13-5-2-6-14-35/h1-28H. The average Bonchev–Trinajstić information content (AvgIpc) is 3.18. The van der Waals surface area contributed by atoms with E-state index in [-0.39, 0.29) is 0 Å². The molecule has 0 fully saturated rings. The van der Waals surface area contributed by atoms with Gasteiger partial charge in [-0.1, -0.05) is 158 Å². The van der Waals surface area contributed by atoms with Gasteiger partial charge in [0.05, 0.1) is 11.6 Å². The summed E-state index contributed by atoms with van der Waals surface area (Å²) in [6.45, 7) is 0. The van der Waals surface area contributed by atoms with Crippen LogP contribution >= 0.6 is 0 Å². The third kappa shape index (κ3) is 5.62. The van der Waals surface area contributed by atoms with Gasteiger partial charge in [0.15, 0.2) is 17.5 Å². The van der Waals surface area contributed by atoms with Crippen LogP contribution in [0.25, 0.3) is 78.3 Å². The molecule has 4 heteroatoms. The number of hydrogen-bond donors (Lipinski definition) is 0. The first-order chi connectivity index (χ1) is 23.7. The Morgan fingerprint density at radius 2 is 0.729 bits per heavy atom. The maximum absolute atomic E-state index is 9.31. The van der Waals surface area contributed by atoms with Crippen LogP contribution in [0, 0.1) is 11.3 Å². The van der Waals surface area contributed by atoms with Gasteiger partial charge in [0.1, 0.15) is 0 Å². The molecule has 0 aliphatic carbocycles. The van der Waals surface area contributed by atoms with Gasteiger partial charge in [-0.3, -0.25) is 0 Å². The van der Waals surface area contributed by atoms with E-state index in [1.165, 1.54) is 16.3 Å². The Labute approximate surface area is 279 Å². The van der Waals surface area contributed by atoms with Crippen LogP contribution < -0.4 is 0 Å². The van der Waals surface area contributed by atoms with Crippen LogP contribution in [0.2, 0.25) is 0 Å². The van der Waals surface area contributed by atoms with Gasteiger partial charge in [0.25, 0.3) is 0 Å². The van der Waals surface area contributed by atoms with E-state index in [0.717, 1.165) is 44.5 Å². The minimum atomic E-state index is 0.636. The lowest BCUT2D eigenvalue weighted by molar-refractivity contribution is 1.07. The van der Waals surface area contributed by atoms with E-state index >= 15 is 0 Å². The molecule has 4 nitrogen and oxygen atoms in total. The summed E-state index contributed by atoms with van der Waals surface area (Å²) in [5.41, 5.74) is 10.2. The lowest BCUT2D eigenvalue weighted by Gasteiger charge is -2.13. The van der Waals surface area contributed by atoms with Crippen molar-refractivity contribution in [3.63, 3.8) is 0 Å². The van der Waals surface area contributed by atoms with Crippen molar-refractivity contribution in [2.45, 2.75) is 0 Å². The van der Waals surface area contributed by atoms with Gasteiger partial charge in [0.2, 0.25) is 0 Å². The molecule has 0 amide bonds. The third-order valence-corrected chi connectivity index (χ3v) is 8.60. The minimum Gasteiger partial charge on any atom is -0.208 e. The number of aromatic nitrogens is 3. The van der Waals surface area contributed by atoms with Crippen molar-refractivity contribution < 1.29 is 0 Å². The zero-order valence-corrected chi connectivity index (χ0v) is 26.0. The molecule has 0 spiro atoms. The molecule has 0 saturated heterocycles. The van der Waals surface area contributed by atoms with Gasteiger partial charge in [-0.15, -0.1) is 0 Å². The highest BCUT2D eigenvalue weighted by Crippen LogP contribution is 2.36. The van der Waals surface area contributed by atoms with Crippen molar-refractivity contribution in [3.8, 4) is 73.6 Å². The third-order valence-electron chi connectivity index (χ3n) is 8.60. The Hall–Kier alpha value is -6.70. The molecule has 224 valence electrons. The van der Waals surface area contributed by atoms with Gasteiger partial charge in [-0.2, -0.15) is 5.26 Å². The fraction of sp³-hybridized carbons (Fsp3) is 0. The smallest absolute Gasteiger partial charge is 0.164 e. The molecule has 1 heterocycles. The number of nitrogens with zero attached hydrogens (tertiary/aromatic N) is 4. The topological polar surface area (TPSA) is 62.5 Å². The highest BCUT2D eigenvalue weighted by molar-refractivity contribution is 6.04. The Kier molecular flexibility index (Phi) is 7.54. The van der Waals surface area contributed by atoms with Crippen LogP contribution in [0.1, 0.15) is 5.56 Å². The molecule has 0 aliphatic heterocycles. The van der Waals surface area contributed by atoms with Crippen LogP contribution in [0.5, 0.6) is 0 Å². The Bertz CT molecular complexity index is 2370. The maximum atomic E-state index is 9.31. The molecule has 0 radical (unpaired) electrons. The van der Waals surface area contributed by atoms with Crippen LogP contribution in [-0.4, -0.2) is 15.0 Å². The molecule has 7 aromatic carbocycles. The second-order valence-electron chi connectivity index (χ2n) is 11.6. The zero-order valence-electron chi connectivity index (χ0n) is 26.0. The molecule has 0 bridgehead atoms. The largest absolute Gasteiger partial charge is 0.208 e. The fourth-order valence-electron chi connectivity index (χ4n) is 6.16. The van der Waals surface area contributed by atoms with Crippen LogP contribution in [0.4, 0.5) is 0 Å². The van der Waals surface area contributed by atoms with E-state index in [1.54, 1.807) is 0 Å². The van der Waals surface area contributed by atoms with E-state index in [4.69, 9.17) is 15.0 Å². The second-order valence-corrected chi connectivity index (χ2v) is 11.6. The van der Waals surface area contributed by atoms with Gasteiger partial charge < -0.3 is 0 Å². The predicted octanol–water partition coefficient (Wildman–Crippen LogP) is 10.9. The van der Waals surface area contributed by atoms with Crippen molar-refractivity contribution in [2.24, 2.45) is 0 Å². The van der Waals surface area contributed by atoms with Crippen molar-refractivity contribution in [1.29, 1.82) is 5.26 Å². The van der Waals surface area contributed by atoms with Crippen LogP contribution in [0.15, 0.2) is 170 Å². The molecule has 0 unspecified atom stereocenters. The predicted molar refractivity (Wildman–Crippen MR) is 195 cm³/mol. The number of rotatable bonds is 6. The lowest BCUT2D eigenvalue weighted by Crippen LogP contribution is -2.00. The van der Waals surface area contributed by atoms with Gasteiger partial charge in [0, 0.05) is 16.7 Å². The van der Waals surface area contributed by atoms with Crippen molar-refractivity contribution in [1.82, 2.24) is 15.0 Å². The molecular weight excluding hydrogens is 585 g/mol. The first kappa shape index (κ1) is 28.8. The summed E-state index contributed by atoms with van der Waals surface area (Å²) in [4.78, 5) is 14.6. The SMILES string of the molecule is N#Cc1cccc(-c2ccc(-c3cccc4c(-c5ccc(-c6nc(-c7ccccc7)nc(-c7ccccc7)n6)cc5)cccc34)cc2)c1. The summed E-state index contributed by atoms with van der Waals surface area (Å²) in [5, 5.41) is 11.7. The molecule has 1 aromatic heterocycles. The molecular formula is C44H28N4. The van der Waals surface area contributed by atoms with E-state index in [1.807, 2.05) is 84.9 Å². The molecule has 0 atom stereocenters. The Balaban J connectivity index is 1.15. The normalized spacial score (nSPS) is 10.9. The van der Waals surface area contributed by atoms with E-state index in [2.05, 4.69) is 91.0 Å². The maximum Gasteiger partial charge on any atom is 0.164 e. The summed E-state index contributed by atoms with van der Waals surface area (Å²) in [6.07, 6.45) is 0. The molecule has 0 N–H and O–H groups in total. The number of nitriles is 1. The van der Waals surface area contributed by atoms with E-state index in [0.29, 0.717) is 23.0 Å². The quantitative estimate of drug-likeness (QED) is 0.187. The molecule has 0 saturated carbocycles. The van der Waals surface area contributed by atoms with Gasteiger partial charge in [-0.25, -0.2) is 15.0 Å². The highest BCUT2D eigenvalue weighted by Gasteiger charge is 2.14. The van der Waals surface area contributed by atoms with Gasteiger partial charge in [-0.05, 0) is 56.3 Å². The van der Waals surface area contributed by atoms with Crippen LogP contribution in [-0.2, 0) is 0 Å². The van der Waals surface area contributed by atoms with E-state index < -0.39 is 0 Å². The molecule has 8 rings (SSSR count). The Morgan fingerprint density at radius 1 is 0.333 bits per heavy atom. The first-order valence-corrected chi connectivity index (χ1v) is 15.8. The summed E-state index contributed by atoms with van der Waals surface area (Å²) in [7, 11) is 0. The summed E-state index contributed by atoms with van der Waals surface area (Å²) in [6, 6.07) is 60.1. The van der Waals surface area contributed by atoms with Crippen molar-refractivity contribution >= 4 is 10.8 Å². The number of fused-ring (bicyclic) bond motifs is 1. The second kappa shape index (κ2) is 12.6. The Morgan fingerprint density at radius 3 is 1.21 bits per heavy atom. The summed E-state index contributed by atoms with van der Waals surface area (Å²) >= 11 is 0. The first-order valence-electron chi connectivity index (χ1n) is 15.8. The van der Waals surface area contributed by atoms with Crippen LogP contribution in [0.3, 0.4) is 0 Å². The molecule has 8 aromatic rings. The number of benzene rings is 7. The summed E-state index contributed by atoms with van der Waals surface area (Å²) in [5.74, 6) is 1.93. The molecule has 48 heavy (non-hydrogen) atoms. The lowest BCUT2D eigenvalue weighted by atomic mass is 9.92.